The van der Waals surface area contributed by atoms with Gasteiger partial charge in [-0.05, 0) is 103 Å². The van der Waals surface area contributed by atoms with E-state index in [1.165, 1.54) is 54.4 Å². The third-order valence-electron chi connectivity index (χ3n) is 13.7. The smallest absolute Gasteiger partial charge is 0.225 e. The third-order valence-corrected chi connectivity index (χ3v) is 20.5. The molecular formula is C57H60N8O4S4. The Morgan fingerprint density at radius 2 is 0.932 bits per heavy atom. The normalized spacial score (nSPS) is 15.0. The fourth-order valence-electron chi connectivity index (χ4n) is 9.94. The van der Waals surface area contributed by atoms with Gasteiger partial charge in [-0.1, -0.05) is 116 Å². The molecule has 376 valence electrons. The summed E-state index contributed by atoms with van der Waals surface area (Å²) in [5.41, 5.74) is 4.75. The van der Waals surface area contributed by atoms with E-state index in [1.807, 2.05) is 90.3 Å². The lowest BCUT2D eigenvalue weighted by Crippen LogP contribution is -2.17. The van der Waals surface area contributed by atoms with Crippen molar-refractivity contribution in [2.45, 2.75) is 119 Å². The molecule has 6 N–H and O–H groups in total. The molecule has 2 fully saturated rings. The van der Waals surface area contributed by atoms with Gasteiger partial charge < -0.3 is 31.5 Å². The fraction of sp³-hybridized carbons (Fsp3) is 0.263. The van der Waals surface area contributed by atoms with Crippen LogP contribution in [0.15, 0.2) is 163 Å². The average molecular weight is 1050 g/mol. The summed E-state index contributed by atoms with van der Waals surface area (Å²) in [5.74, 6) is 12.0. The Kier molecular flexibility index (Phi) is 15.6. The molecule has 0 saturated heterocycles. The van der Waals surface area contributed by atoms with Gasteiger partial charge >= 0.3 is 0 Å². The number of para-hydroxylation sites is 2. The highest BCUT2D eigenvalue weighted by molar-refractivity contribution is 8.28. The van der Waals surface area contributed by atoms with Crippen LogP contribution in [0.1, 0.15) is 73.6 Å². The zero-order valence-corrected chi connectivity index (χ0v) is 43.9. The highest BCUT2D eigenvalue weighted by Crippen LogP contribution is 2.50. The van der Waals surface area contributed by atoms with Crippen LogP contribution in [-0.4, -0.2) is 67.5 Å². The van der Waals surface area contributed by atoms with Crippen molar-refractivity contribution in [1.82, 2.24) is 19.9 Å². The van der Waals surface area contributed by atoms with Gasteiger partial charge in [0.15, 0.2) is 0 Å². The molecule has 16 heteroatoms. The quantitative estimate of drug-likeness (QED) is 0.0505. The maximum absolute atomic E-state index is 13.5. The number of hydrogen-bond acceptors (Lipinski definition) is 14. The lowest BCUT2D eigenvalue weighted by Gasteiger charge is -2.23. The van der Waals surface area contributed by atoms with Crippen molar-refractivity contribution in [1.29, 1.82) is 0 Å². The summed E-state index contributed by atoms with van der Waals surface area (Å²) in [7, 11) is -5.70. The third kappa shape index (κ3) is 11.2. The van der Waals surface area contributed by atoms with E-state index in [9.17, 15) is 18.6 Å². The monoisotopic (exact) mass is 1050 g/mol. The molecule has 0 amide bonds. The molecule has 12 nitrogen and oxygen atoms in total. The standard InChI is InChI=1S/C30H32N4OS3.C27H28N4O3S/c1-38(2,27-14-8-3-9-20(27)18-35)28-16-26-25(36-19-37-26)15-21(28)17-31-30-33-24-13-7-6-12-23(24)29(34-30)32-22-10-4-5-11-22;32-18-20-10-2-8-16-25(20)35(33,34)24-15-7-1-9-19(24)17-28-27-30-23-14-6-5-13-22(23)26(31-27)29-21-11-3-4-12-21/h3,6-9,12-16,22,35H,1-2,4-5,10-11,17-19H2,(H2,31,32,33,34);1-2,5-10,13-16,21,32H,3-4,11-12,17-18H2,(H2,28,29,30,31). The number of fused-ring (bicyclic) bond motifs is 3. The number of sulfone groups is 1. The first kappa shape index (κ1) is 50.4. The molecule has 2 aliphatic carbocycles. The maximum Gasteiger partial charge on any atom is 0.225 e. The zero-order chi connectivity index (χ0) is 50.4. The summed E-state index contributed by atoms with van der Waals surface area (Å²) in [4.78, 5) is 24.2. The molecule has 0 radical (unpaired) electrons. The van der Waals surface area contributed by atoms with E-state index in [-0.39, 0.29) is 29.5 Å². The van der Waals surface area contributed by atoms with Crippen molar-refractivity contribution in [3.8, 4) is 0 Å². The molecule has 3 aliphatic rings. The SMILES string of the molecule is C=S(=C)(c1ccccc1CO)c1cc2c(cc1CNc1nc(NC3CCCC3)c3ccccc3n1)SCS2.O=S(=O)(c1ccccc1CO)c1ccccc1CNc1nc(NC2CCCC2)c2ccccc2n1. The van der Waals surface area contributed by atoms with Gasteiger partial charge in [0.05, 0.1) is 34.0 Å². The van der Waals surface area contributed by atoms with Crippen LogP contribution in [0.2, 0.25) is 0 Å². The molecule has 0 atom stereocenters. The second-order valence-electron chi connectivity index (χ2n) is 18.6. The Bertz CT molecular complexity index is 3510. The van der Waals surface area contributed by atoms with E-state index in [1.54, 1.807) is 36.4 Å². The Morgan fingerprint density at radius 3 is 1.47 bits per heavy atom. The number of hydrogen-bond donors (Lipinski definition) is 6. The van der Waals surface area contributed by atoms with Crippen LogP contribution in [0.5, 0.6) is 0 Å². The van der Waals surface area contributed by atoms with Gasteiger partial charge in [0, 0.05) is 60.6 Å². The van der Waals surface area contributed by atoms with E-state index in [2.05, 4.69) is 62.3 Å². The number of aliphatic hydroxyl groups excluding tert-OH is 2. The first-order valence-corrected chi connectivity index (χ1v) is 30.2. The molecule has 2 saturated carbocycles. The van der Waals surface area contributed by atoms with Crippen LogP contribution >= 0.6 is 32.7 Å². The van der Waals surface area contributed by atoms with E-state index < -0.39 is 19.0 Å². The summed E-state index contributed by atoms with van der Waals surface area (Å²) < 4.78 is 27.0. The average Bonchev–Trinajstić information content (AvgIpc) is 4.25. The van der Waals surface area contributed by atoms with Crippen molar-refractivity contribution in [2.75, 3.05) is 26.4 Å². The Balaban J connectivity index is 0.000000168. The number of aliphatic hydroxyl groups is 2. The van der Waals surface area contributed by atoms with Gasteiger partial charge in [-0.3, -0.25) is 0 Å². The Hall–Kier alpha value is -6.14. The lowest BCUT2D eigenvalue weighted by atomic mass is 10.2. The Labute approximate surface area is 436 Å². The van der Waals surface area contributed by atoms with Gasteiger partial charge in [0.1, 0.15) is 11.6 Å². The van der Waals surface area contributed by atoms with Crippen molar-refractivity contribution >= 4 is 99.6 Å². The van der Waals surface area contributed by atoms with Gasteiger partial charge in [0.25, 0.3) is 0 Å². The number of aromatic nitrogens is 4. The van der Waals surface area contributed by atoms with Gasteiger partial charge in [-0.2, -0.15) is 19.2 Å². The second-order valence-corrected chi connectivity index (χ2v) is 25.6. The molecule has 8 aromatic rings. The van der Waals surface area contributed by atoms with Crippen molar-refractivity contribution in [3.63, 3.8) is 0 Å². The molecule has 1 aliphatic heterocycles. The lowest BCUT2D eigenvalue weighted by molar-refractivity contribution is 0.278. The molecule has 11 rings (SSSR count). The van der Waals surface area contributed by atoms with Crippen LogP contribution in [-0.2, 0) is 36.1 Å². The highest BCUT2D eigenvalue weighted by Gasteiger charge is 2.25. The molecule has 0 unspecified atom stereocenters. The van der Waals surface area contributed by atoms with Crippen LogP contribution in [0.4, 0.5) is 23.5 Å². The summed E-state index contributed by atoms with van der Waals surface area (Å²) in [6, 6.07) is 42.9. The van der Waals surface area contributed by atoms with Gasteiger partial charge in [-0.15, -0.1) is 23.5 Å². The molecule has 0 spiro atoms. The summed E-state index contributed by atoms with van der Waals surface area (Å²) in [5, 5.41) is 36.8. The number of benzene rings is 6. The second kappa shape index (κ2) is 22.5. The number of nitrogens with zero attached hydrogens (tertiary/aromatic N) is 4. The minimum Gasteiger partial charge on any atom is -0.392 e. The number of rotatable bonds is 16. The Morgan fingerprint density at radius 1 is 0.507 bits per heavy atom. The van der Waals surface area contributed by atoms with Crippen LogP contribution in [0.25, 0.3) is 21.8 Å². The van der Waals surface area contributed by atoms with E-state index in [0.29, 0.717) is 41.7 Å². The minimum atomic E-state index is -3.83. The molecule has 2 aromatic heterocycles. The predicted octanol–water partition coefficient (Wildman–Crippen LogP) is 12.3. The van der Waals surface area contributed by atoms with Crippen molar-refractivity contribution < 1.29 is 18.6 Å². The molecule has 6 aromatic carbocycles. The number of nitrogens with one attached hydrogen (secondary N) is 4. The summed E-state index contributed by atoms with van der Waals surface area (Å²) in [6.07, 6.45) is 9.59. The fourth-order valence-corrected chi connectivity index (χ4v) is 16.3. The molecular weight excluding hydrogens is 989 g/mol. The van der Waals surface area contributed by atoms with Gasteiger partial charge in [-0.25, -0.2) is 18.4 Å². The van der Waals surface area contributed by atoms with Gasteiger partial charge in [0.2, 0.25) is 21.7 Å². The van der Waals surface area contributed by atoms with Crippen molar-refractivity contribution in [3.05, 3.63) is 156 Å². The first-order chi connectivity index (χ1) is 35.6. The number of anilines is 4. The first-order valence-electron chi connectivity index (χ1n) is 24.8. The van der Waals surface area contributed by atoms with Crippen LogP contribution < -0.4 is 21.3 Å². The van der Waals surface area contributed by atoms with E-state index in [0.717, 1.165) is 72.3 Å². The summed E-state index contributed by atoms with van der Waals surface area (Å²) in [6.45, 7) is 0.423. The van der Waals surface area contributed by atoms with Crippen molar-refractivity contribution in [2.24, 2.45) is 0 Å². The highest BCUT2D eigenvalue weighted by atomic mass is 32.2. The largest absolute Gasteiger partial charge is 0.392 e. The van der Waals surface area contributed by atoms with E-state index >= 15 is 0 Å². The topological polar surface area (TPSA) is 174 Å². The predicted molar refractivity (Wildman–Crippen MR) is 303 cm³/mol. The van der Waals surface area contributed by atoms with Crippen LogP contribution in [0.3, 0.4) is 0 Å². The molecule has 73 heavy (non-hydrogen) atoms. The zero-order valence-electron chi connectivity index (χ0n) is 40.6. The molecule has 0 bridgehead atoms. The van der Waals surface area contributed by atoms with Crippen LogP contribution in [0, 0.1) is 0 Å². The van der Waals surface area contributed by atoms with E-state index in [4.69, 9.17) is 15.0 Å². The maximum atomic E-state index is 13.5. The summed E-state index contributed by atoms with van der Waals surface area (Å²) >= 11 is 3.73. The molecule has 3 heterocycles. The number of thioether (sulfide) groups is 2. The minimum absolute atomic E-state index is 0.0270.